The summed E-state index contributed by atoms with van der Waals surface area (Å²) in [6, 6.07) is 1.97. The van der Waals surface area contributed by atoms with Crippen LogP contribution in [0.2, 0.25) is 0 Å². The van der Waals surface area contributed by atoms with E-state index in [4.69, 9.17) is 4.52 Å². The zero-order valence-electron chi connectivity index (χ0n) is 14.0. The summed E-state index contributed by atoms with van der Waals surface area (Å²) in [5.74, 6) is 3.04. The van der Waals surface area contributed by atoms with Crippen molar-refractivity contribution < 1.29 is 4.52 Å². The van der Waals surface area contributed by atoms with Crippen LogP contribution in [0.3, 0.4) is 0 Å². The average Bonchev–Trinajstić information content (AvgIpc) is 2.94. The van der Waals surface area contributed by atoms with Gasteiger partial charge in [0.05, 0.1) is 12.2 Å². The highest BCUT2D eigenvalue weighted by molar-refractivity contribution is 14.0. The maximum Gasteiger partial charge on any atom is 0.194 e. The first kappa shape index (κ1) is 18.9. The van der Waals surface area contributed by atoms with Crippen molar-refractivity contribution in [1.29, 1.82) is 0 Å². The summed E-state index contributed by atoms with van der Waals surface area (Å²) in [6.07, 6.45) is 6.87. The second-order valence-electron chi connectivity index (χ2n) is 6.35. The van der Waals surface area contributed by atoms with Crippen LogP contribution in [0.25, 0.3) is 0 Å². The molecule has 1 aliphatic carbocycles. The van der Waals surface area contributed by atoms with E-state index in [1.807, 2.05) is 20.0 Å². The highest BCUT2D eigenvalue weighted by Gasteiger charge is 2.38. The largest absolute Gasteiger partial charge is 0.359 e. The van der Waals surface area contributed by atoms with E-state index in [-0.39, 0.29) is 24.0 Å². The predicted octanol–water partition coefficient (Wildman–Crippen LogP) is 3.43. The van der Waals surface area contributed by atoms with Crippen molar-refractivity contribution in [3.8, 4) is 0 Å². The molecular weight excluding hydrogens is 423 g/mol. The number of nitrogens with one attached hydrogen (secondary N) is 1. The molecule has 2 aliphatic rings. The van der Waals surface area contributed by atoms with Crippen LogP contribution < -0.4 is 5.32 Å². The number of halogens is 1. The van der Waals surface area contributed by atoms with Crippen LogP contribution in [0.1, 0.15) is 43.6 Å². The lowest BCUT2D eigenvalue weighted by Gasteiger charge is -2.45. The van der Waals surface area contributed by atoms with Gasteiger partial charge in [-0.25, -0.2) is 0 Å². The molecule has 1 aromatic heterocycles. The van der Waals surface area contributed by atoms with Crippen molar-refractivity contribution in [3.05, 3.63) is 17.5 Å². The molecule has 23 heavy (non-hydrogen) atoms. The highest BCUT2D eigenvalue weighted by Crippen LogP contribution is 2.42. The second-order valence-corrected chi connectivity index (χ2v) is 7.91. The molecule has 5 nitrogen and oxygen atoms in total. The lowest BCUT2D eigenvalue weighted by atomic mass is 9.87. The van der Waals surface area contributed by atoms with E-state index in [1.165, 1.54) is 37.9 Å². The van der Waals surface area contributed by atoms with E-state index < -0.39 is 0 Å². The summed E-state index contributed by atoms with van der Waals surface area (Å²) in [5, 5.41) is 7.35. The maximum absolute atomic E-state index is 5.27. The number of aryl methyl sites for hydroxylation is 1. The monoisotopic (exact) mass is 450 g/mol. The van der Waals surface area contributed by atoms with Crippen molar-refractivity contribution in [1.82, 2.24) is 15.4 Å². The van der Waals surface area contributed by atoms with Gasteiger partial charge < -0.3 is 14.7 Å². The second kappa shape index (κ2) is 8.60. The number of rotatable bonds is 2. The Bertz CT molecular complexity index is 522. The summed E-state index contributed by atoms with van der Waals surface area (Å²) < 4.78 is 5.72. The van der Waals surface area contributed by atoms with Crippen LogP contribution in [0.4, 0.5) is 0 Å². The van der Waals surface area contributed by atoms with E-state index in [0.717, 1.165) is 30.5 Å². The average molecular weight is 450 g/mol. The van der Waals surface area contributed by atoms with Crippen LogP contribution in [0, 0.1) is 6.92 Å². The maximum atomic E-state index is 5.27. The molecule has 3 rings (SSSR count). The molecule has 2 heterocycles. The Morgan fingerprint density at radius 3 is 2.87 bits per heavy atom. The van der Waals surface area contributed by atoms with E-state index in [2.05, 4.69) is 32.1 Å². The lowest BCUT2D eigenvalue weighted by Crippen LogP contribution is -2.53. The number of guanidine groups is 1. The molecule has 0 bridgehead atoms. The van der Waals surface area contributed by atoms with Crippen LogP contribution in [-0.4, -0.2) is 46.7 Å². The van der Waals surface area contributed by atoms with Gasteiger partial charge in [0.1, 0.15) is 0 Å². The molecule has 1 aromatic rings. The molecule has 1 saturated heterocycles. The van der Waals surface area contributed by atoms with Gasteiger partial charge in [0.2, 0.25) is 0 Å². The van der Waals surface area contributed by atoms with Crippen LogP contribution in [0.5, 0.6) is 0 Å². The predicted molar refractivity (Wildman–Crippen MR) is 107 cm³/mol. The number of hydrogen-bond donors (Lipinski definition) is 1. The first-order chi connectivity index (χ1) is 10.7. The Hall–Kier alpha value is -0.440. The summed E-state index contributed by atoms with van der Waals surface area (Å²) in [4.78, 5) is 6.89. The van der Waals surface area contributed by atoms with Gasteiger partial charge in [-0.2, -0.15) is 11.8 Å². The van der Waals surface area contributed by atoms with Crippen molar-refractivity contribution >= 4 is 41.7 Å². The quantitative estimate of drug-likeness (QED) is 0.425. The summed E-state index contributed by atoms with van der Waals surface area (Å²) in [5.41, 5.74) is 0.919. The van der Waals surface area contributed by atoms with E-state index in [9.17, 15) is 0 Å². The molecule has 2 fully saturated rings. The Balaban J connectivity index is 0.00000192. The van der Waals surface area contributed by atoms with Gasteiger partial charge in [-0.15, -0.1) is 24.0 Å². The van der Waals surface area contributed by atoms with Gasteiger partial charge in [-0.3, -0.25) is 4.99 Å². The third kappa shape index (κ3) is 4.78. The van der Waals surface area contributed by atoms with Gasteiger partial charge in [-0.1, -0.05) is 24.4 Å². The Labute approximate surface area is 160 Å². The minimum Gasteiger partial charge on any atom is -0.359 e. The third-order valence-electron chi connectivity index (χ3n) is 4.62. The zero-order valence-corrected chi connectivity index (χ0v) is 17.2. The third-order valence-corrected chi connectivity index (χ3v) is 6.16. The highest BCUT2D eigenvalue weighted by atomic mass is 127. The fourth-order valence-electron chi connectivity index (χ4n) is 3.52. The van der Waals surface area contributed by atoms with Gasteiger partial charge >= 0.3 is 0 Å². The molecule has 0 atom stereocenters. The van der Waals surface area contributed by atoms with Gasteiger partial charge in [0, 0.05) is 36.7 Å². The van der Waals surface area contributed by atoms with Crippen molar-refractivity contribution in [2.75, 3.05) is 25.9 Å². The smallest absolute Gasteiger partial charge is 0.194 e. The Morgan fingerprint density at radius 1 is 1.43 bits per heavy atom. The molecule has 0 aromatic carbocycles. The minimum atomic E-state index is 0. The Kier molecular flexibility index (Phi) is 7.06. The topological polar surface area (TPSA) is 53.7 Å². The first-order valence-corrected chi connectivity index (χ1v) is 9.21. The number of thioether (sulfide) groups is 1. The molecule has 1 aliphatic heterocycles. The standard InChI is InChI=1S/C16H26N4OS.HI/c1-13-10-14(21-19-13)11-18-15(17-2)20-8-9-22-16(12-20)6-4-3-5-7-16;/h10H,3-9,11-12H2,1-2H3,(H,17,18);1H. The lowest BCUT2D eigenvalue weighted by molar-refractivity contribution is 0.291. The first-order valence-electron chi connectivity index (χ1n) is 8.23. The fourth-order valence-corrected chi connectivity index (χ4v) is 5.09. The molecule has 1 saturated carbocycles. The van der Waals surface area contributed by atoms with Gasteiger partial charge in [-0.05, 0) is 19.8 Å². The van der Waals surface area contributed by atoms with Gasteiger partial charge in [0.25, 0.3) is 0 Å². The van der Waals surface area contributed by atoms with E-state index in [1.54, 1.807) is 0 Å². The van der Waals surface area contributed by atoms with Crippen molar-refractivity contribution in [2.24, 2.45) is 4.99 Å². The molecule has 0 radical (unpaired) electrons. The number of hydrogen-bond acceptors (Lipinski definition) is 4. The number of nitrogens with zero attached hydrogens (tertiary/aromatic N) is 3. The van der Waals surface area contributed by atoms with E-state index in [0.29, 0.717) is 11.3 Å². The van der Waals surface area contributed by atoms with Crippen LogP contribution in [-0.2, 0) is 6.54 Å². The number of aromatic nitrogens is 1. The molecule has 1 spiro atoms. The molecule has 7 heteroatoms. The van der Waals surface area contributed by atoms with Crippen LogP contribution >= 0.6 is 35.7 Å². The summed E-state index contributed by atoms with van der Waals surface area (Å²) >= 11 is 2.18. The van der Waals surface area contributed by atoms with Crippen molar-refractivity contribution in [2.45, 2.75) is 50.3 Å². The van der Waals surface area contributed by atoms with Crippen LogP contribution in [0.15, 0.2) is 15.6 Å². The summed E-state index contributed by atoms with van der Waals surface area (Å²) in [7, 11) is 1.86. The minimum absolute atomic E-state index is 0. The Morgan fingerprint density at radius 2 is 2.22 bits per heavy atom. The summed E-state index contributed by atoms with van der Waals surface area (Å²) in [6.45, 7) is 4.77. The molecule has 0 unspecified atom stereocenters. The van der Waals surface area contributed by atoms with Gasteiger partial charge in [0.15, 0.2) is 11.7 Å². The molecule has 130 valence electrons. The molecule has 1 N–H and O–H groups in total. The molecular formula is C16H27IN4OS. The SMILES string of the molecule is CN=C(NCc1cc(C)no1)N1CCSC2(CCCCC2)C1.I. The number of aliphatic imine (C=N–C) groups is 1. The molecule has 0 amide bonds. The van der Waals surface area contributed by atoms with Crippen molar-refractivity contribution in [3.63, 3.8) is 0 Å². The zero-order chi connectivity index (χ0) is 15.4. The fraction of sp³-hybridized carbons (Fsp3) is 0.750. The van der Waals surface area contributed by atoms with E-state index >= 15 is 0 Å². The normalized spacial score (nSPS) is 21.1.